The van der Waals surface area contributed by atoms with E-state index in [0.717, 1.165) is 16.7 Å². The third kappa shape index (κ3) is 7.70. The number of ether oxygens (including phenoxy) is 1. The van der Waals surface area contributed by atoms with E-state index in [0.29, 0.717) is 24.6 Å². The topological polar surface area (TPSA) is 58.6 Å². The molecule has 2 aromatic rings. The van der Waals surface area contributed by atoms with Crippen LogP contribution in [-0.2, 0) is 16.1 Å². The molecule has 2 aromatic carbocycles. The maximum Gasteiger partial charge on any atom is 0.261 e. The summed E-state index contributed by atoms with van der Waals surface area (Å²) in [6.07, 6.45) is 0.459. The molecular weight excluding hydrogens is 395 g/mol. The van der Waals surface area contributed by atoms with Gasteiger partial charge in [0.25, 0.3) is 5.91 Å². The van der Waals surface area contributed by atoms with Gasteiger partial charge in [-0.2, -0.15) is 0 Å². The average Bonchev–Trinajstić information content (AvgIpc) is 2.71. The predicted octanol–water partition coefficient (Wildman–Crippen LogP) is 4.40. The van der Waals surface area contributed by atoms with Gasteiger partial charge in [-0.05, 0) is 67.1 Å². The molecule has 168 valence electrons. The number of rotatable bonds is 10. The number of hydrogen-bond acceptors (Lipinski definition) is 3. The number of halogens is 1. The number of carbonyl (C=O) groups is 2. The zero-order chi connectivity index (χ0) is 23.0. The second-order valence-corrected chi connectivity index (χ2v) is 8.32. The van der Waals surface area contributed by atoms with Gasteiger partial charge >= 0.3 is 0 Å². The maximum absolute atomic E-state index is 13.3. The quantitative estimate of drug-likeness (QED) is 0.610. The largest absolute Gasteiger partial charge is 0.484 e. The first-order chi connectivity index (χ1) is 14.7. The molecule has 0 aliphatic heterocycles. The van der Waals surface area contributed by atoms with E-state index >= 15 is 0 Å². The van der Waals surface area contributed by atoms with Gasteiger partial charge in [0.15, 0.2) is 6.61 Å². The summed E-state index contributed by atoms with van der Waals surface area (Å²) in [5.41, 5.74) is 2.84. The monoisotopic (exact) mass is 428 g/mol. The Balaban J connectivity index is 2.20. The molecule has 0 bridgehead atoms. The minimum Gasteiger partial charge on any atom is -0.484 e. The fourth-order valence-electron chi connectivity index (χ4n) is 3.37. The van der Waals surface area contributed by atoms with E-state index in [-0.39, 0.29) is 30.8 Å². The molecule has 0 saturated carbocycles. The van der Waals surface area contributed by atoms with E-state index in [2.05, 4.69) is 5.32 Å². The van der Waals surface area contributed by atoms with Crippen LogP contribution in [0, 0.1) is 25.6 Å². The third-order valence-electron chi connectivity index (χ3n) is 4.89. The lowest BCUT2D eigenvalue weighted by Gasteiger charge is -2.30. The summed E-state index contributed by atoms with van der Waals surface area (Å²) < 4.78 is 19.1. The van der Waals surface area contributed by atoms with E-state index < -0.39 is 6.04 Å². The van der Waals surface area contributed by atoms with Gasteiger partial charge in [0.2, 0.25) is 5.91 Å². The fraction of sp³-hybridized carbons (Fsp3) is 0.440. The van der Waals surface area contributed by atoms with Crippen molar-refractivity contribution in [2.45, 2.75) is 53.6 Å². The van der Waals surface area contributed by atoms with Crippen LogP contribution in [0.1, 0.15) is 43.9 Å². The molecule has 5 nitrogen and oxygen atoms in total. The SMILES string of the molecule is CC[C@H](C(=O)NCC(C)C)N(Cc1ccc(F)cc1)C(=O)COc1cc(C)cc(C)c1. The van der Waals surface area contributed by atoms with Crippen LogP contribution in [0.3, 0.4) is 0 Å². The molecule has 2 amide bonds. The fourth-order valence-corrected chi connectivity index (χ4v) is 3.37. The number of benzene rings is 2. The first-order valence-electron chi connectivity index (χ1n) is 10.7. The number of aryl methyl sites for hydroxylation is 2. The van der Waals surface area contributed by atoms with E-state index in [1.54, 1.807) is 12.1 Å². The summed E-state index contributed by atoms with van der Waals surface area (Å²) in [6, 6.07) is 11.1. The van der Waals surface area contributed by atoms with Crippen molar-refractivity contribution in [1.29, 1.82) is 0 Å². The maximum atomic E-state index is 13.3. The van der Waals surface area contributed by atoms with Crippen molar-refractivity contribution in [3.63, 3.8) is 0 Å². The molecule has 2 rings (SSSR count). The average molecular weight is 429 g/mol. The second-order valence-electron chi connectivity index (χ2n) is 8.32. The van der Waals surface area contributed by atoms with Crippen molar-refractivity contribution in [3.8, 4) is 5.75 Å². The van der Waals surface area contributed by atoms with Crippen LogP contribution in [0.5, 0.6) is 5.75 Å². The summed E-state index contributed by atoms with van der Waals surface area (Å²) in [6.45, 7) is 10.4. The lowest BCUT2D eigenvalue weighted by atomic mass is 10.1. The van der Waals surface area contributed by atoms with Crippen LogP contribution in [0.2, 0.25) is 0 Å². The number of nitrogens with one attached hydrogen (secondary N) is 1. The number of hydrogen-bond donors (Lipinski definition) is 1. The molecule has 0 saturated heterocycles. The van der Waals surface area contributed by atoms with Crippen LogP contribution < -0.4 is 10.1 Å². The minimum atomic E-state index is -0.640. The van der Waals surface area contributed by atoms with Gasteiger partial charge < -0.3 is 15.0 Å². The molecule has 31 heavy (non-hydrogen) atoms. The van der Waals surface area contributed by atoms with E-state index in [1.165, 1.54) is 17.0 Å². The molecular formula is C25H33FN2O3. The highest BCUT2D eigenvalue weighted by atomic mass is 19.1. The Morgan fingerprint density at radius 2 is 1.68 bits per heavy atom. The summed E-state index contributed by atoms with van der Waals surface area (Å²) in [4.78, 5) is 27.5. The zero-order valence-electron chi connectivity index (χ0n) is 19.1. The zero-order valence-corrected chi connectivity index (χ0v) is 19.1. The van der Waals surface area contributed by atoms with Crippen molar-refractivity contribution in [3.05, 3.63) is 65.0 Å². The van der Waals surface area contributed by atoms with Crippen molar-refractivity contribution in [1.82, 2.24) is 10.2 Å². The Morgan fingerprint density at radius 1 is 1.06 bits per heavy atom. The first kappa shape index (κ1) is 24.4. The summed E-state index contributed by atoms with van der Waals surface area (Å²) >= 11 is 0. The predicted molar refractivity (Wildman–Crippen MR) is 120 cm³/mol. The number of nitrogens with zero attached hydrogens (tertiary/aromatic N) is 1. The van der Waals surface area contributed by atoms with Crippen LogP contribution in [0.15, 0.2) is 42.5 Å². The van der Waals surface area contributed by atoms with Crippen molar-refractivity contribution in [2.75, 3.05) is 13.2 Å². The van der Waals surface area contributed by atoms with Crippen LogP contribution in [0.25, 0.3) is 0 Å². The van der Waals surface area contributed by atoms with Crippen molar-refractivity contribution >= 4 is 11.8 Å². The van der Waals surface area contributed by atoms with Crippen molar-refractivity contribution < 1.29 is 18.7 Å². The van der Waals surface area contributed by atoms with E-state index in [4.69, 9.17) is 4.74 Å². The highest BCUT2D eigenvalue weighted by Crippen LogP contribution is 2.18. The molecule has 0 aromatic heterocycles. The summed E-state index contributed by atoms with van der Waals surface area (Å²) in [7, 11) is 0. The Morgan fingerprint density at radius 3 is 2.23 bits per heavy atom. The van der Waals surface area contributed by atoms with Gasteiger partial charge in [-0.1, -0.05) is 39.0 Å². The van der Waals surface area contributed by atoms with Crippen molar-refractivity contribution in [2.24, 2.45) is 5.92 Å². The standard InChI is InChI=1S/C25H33FN2O3/c1-6-23(25(30)27-14-17(2)3)28(15-20-7-9-21(26)10-8-20)24(29)16-31-22-12-18(4)11-19(5)13-22/h7-13,17,23H,6,14-16H2,1-5H3,(H,27,30)/t23-/m1/s1. The normalized spacial score (nSPS) is 11.8. The van der Waals surface area contributed by atoms with E-state index in [9.17, 15) is 14.0 Å². The summed E-state index contributed by atoms with van der Waals surface area (Å²) in [5, 5.41) is 2.92. The van der Waals surface area contributed by atoms with Gasteiger partial charge in [0.05, 0.1) is 0 Å². The van der Waals surface area contributed by atoms with Crippen LogP contribution in [0.4, 0.5) is 4.39 Å². The minimum absolute atomic E-state index is 0.182. The molecule has 0 unspecified atom stereocenters. The van der Waals surface area contributed by atoms with Gasteiger partial charge in [-0.3, -0.25) is 9.59 Å². The third-order valence-corrected chi connectivity index (χ3v) is 4.89. The van der Waals surface area contributed by atoms with E-state index in [1.807, 2.05) is 52.8 Å². The molecule has 0 heterocycles. The van der Waals surface area contributed by atoms with Crippen LogP contribution >= 0.6 is 0 Å². The Hall–Kier alpha value is -2.89. The van der Waals surface area contributed by atoms with Gasteiger partial charge in [-0.25, -0.2) is 4.39 Å². The molecule has 0 radical (unpaired) electrons. The number of amides is 2. The smallest absolute Gasteiger partial charge is 0.261 e. The Kier molecular flexibility index (Phi) is 9.03. The molecule has 1 N–H and O–H groups in total. The lowest BCUT2D eigenvalue weighted by molar-refractivity contribution is -0.143. The molecule has 0 spiro atoms. The Bertz CT molecular complexity index is 861. The Labute approximate surface area is 184 Å². The van der Waals surface area contributed by atoms with Gasteiger partial charge in [0.1, 0.15) is 17.6 Å². The molecule has 0 aliphatic rings. The summed E-state index contributed by atoms with van der Waals surface area (Å²) in [5.74, 6) is 0.0788. The molecule has 0 fully saturated rings. The number of carbonyl (C=O) groups excluding carboxylic acids is 2. The highest BCUT2D eigenvalue weighted by molar-refractivity contribution is 5.88. The molecule has 1 atom stereocenters. The van der Waals surface area contributed by atoms with Crippen LogP contribution in [-0.4, -0.2) is 35.9 Å². The first-order valence-corrected chi connectivity index (χ1v) is 10.7. The second kappa shape index (κ2) is 11.5. The highest BCUT2D eigenvalue weighted by Gasteiger charge is 2.29. The van der Waals surface area contributed by atoms with Gasteiger partial charge in [-0.15, -0.1) is 0 Å². The molecule has 0 aliphatic carbocycles. The van der Waals surface area contributed by atoms with Gasteiger partial charge in [0, 0.05) is 13.1 Å². The molecule has 6 heteroatoms. The lowest BCUT2D eigenvalue weighted by Crippen LogP contribution is -2.50.